The van der Waals surface area contributed by atoms with Crippen LogP contribution in [-0.4, -0.2) is 65.0 Å². The lowest BCUT2D eigenvalue weighted by Gasteiger charge is -2.33. The maximum atomic E-state index is 15.3. The highest BCUT2D eigenvalue weighted by molar-refractivity contribution is 5.94. The second-order valence-electron chi connectivity index (χ2n) is 9.82. The third-order valence-corrected chi connectivity index (χ3v) is 6.25. The Balaban J connectivity index is 1.54. The highest BCUT2D eigenvalue weighted by Gasteiger charge is 2.30. The molecule has 0 radical (unpaired) electrons. The molecule has 2 fully saturated rings. The van der Waals surface area contributed by atoms with E-state index in [2.05, 4.69) is 0 Å². The van der Waals surface area contributed by atoms with Crippen molar-refractivity contribution in [2.45, 2.75) is 64.7 Å². The molecule has 2 saturated heterocycles. The molecule has 2 aliphatic rings. The number of imidazole rings is 1. The number of piperidine rings is 1. The van der Waals surface area contributed by atoms with Crippen LogP contribution >= 0.6 is 0 Å². The minimum atomic E-state index is -0.710. The van der Waals surface area contributed by atoms with Gasteiger partial charge in [0, 0.05) is 26.1 Å². The molecule has 3 heterocycles. The zero-order valence-corrected chi connectivity index (χ0v) is 19.7. The lowest BCUT2D eigenvalue weighted by atomic mass is 9.93. The molecule has 9 heteroatoms. The van der Waals surface area contributed by atoms with E-state index in [0.717, 1.165) is 25.1 Å². The summed E-state index contributed by atoms with van der Waals surface area (Å²) < 4.78 is 33.0. The Kier molecular flexibility index (Phi) is 6.61. The summed E-state index contributed by atoms with van der Waals surface area (Å²) in [6.45, 7) is 8.00. The van der Waals surface area contributed by atoms with Gasteiger partial charge in [-0.15, -0.1) is 0 Å². The molecule has 33 heavy (non-hydrogen) atoms. The number of halogens is 1. The fourth-order valence-corrected chi connectivity index (χ4v) is 4.39. The number of ether oxygens (including phenoxy) is 3. The topological polar surface area (TPSA) is 82.9 Å². The average molecular weight is 462 g/mol. The fraction of sp³-hybridized carbons (Fsp3) is 0.625. The first-order chi connectivity index (χ1) is 15.7. The molecular weight excluding hydrogens is 429 g/mol. The second kappa shape index (κ2) is 9.29. The summed E-state index contributed by atoms with van der Waals surface area (Å²) in [6, 6.07) is 3.08. The maximum absolute atomic E-state index is 15.3. The number of carbonyl (C=O) groups is 2. The van der Waals surface area contributed by atoms with Crippen LogP contribution in [0.5, 0.6) is 0 Å². The molecule has 4 rings (SSSR count). The van der Waals surface area contributed by atoms with Gasteiger partial charge in [-0.3, -0.25) is 0 Å². The number of amides is 1. The van der Waals surface area contributed by atoms with Gasteiger partial charge in [0.05, 0.1) is 30.8 Å². The highest BCUT2D eigenvalue weighted by atomic mass is 19.1. The first-order valence-electron chi connectivity index (χ1n) is 11.5. The molecule has 2 aromatic rings. The molecule has 0 bridgehead atoms. The highest BCUT2D eigenvalue weighted by Crippen LogP contribution is 2.29. The van der Waals surface area contributed by atoms with E-state index in [1.165, 1.54) is 13.2 Å². The van der Waals surface area contributed by atoms with Crippen molar-refractivity contribution in [1.82, 2.24) is 14.5 Å². The molecule has 0 N–H and O–H groups in total. The van der Waals surface area contributed by atoms with Crippen LogP contribution in [-0.2, 0) is 27.2 Å². The van der Waals surface area contributed by atoms with Crippen LogP contribution in [0.1, 0.15) is 56.2 Å². The van der Waals surface area contributed by atoms with Crippen LogP contribution in [0.3, 0.4) is 0 Å². The quantitative estimate of drug-likeness (QED) is 0.628. The zero-order chi connectivity index (χ0) is 23.8. The van der Waals surface area contributed by atoms with Gasteiger partial charge in [0.2, 0.25) is 0 Å². The van der Waals surface area contributed by atoms with Gasteiger partial charge in [-0.25, -0.2) is 19.0 Å². The van der Waals surface area contributed by atoms with Crippen molar-refractivity contribution in [3.8, 4) is 0 Å². The Morgan fingerprint density at radius 1 is 1.21 bits per heavy atom. The van der Waals surface area contributed by atoms with Gasteiger partial charge in [0.25, 0.3) is 0 Å². The fourth-order valence-electron chi connectivity index (χ4n) is 4.39. The van der Waals surface area contributed by atoms with Crippen molar-refractivity contribution in [3.05, 3.63) is 29.3 Å². The van der Waals surface area contributed by atoms with Crippen LogP contribution in [0.4, 0.5) is 9.18 Å². The van der Waals surface area contributed by atoms with Crippen LogP contribution in [0.2, 0.25) is 0 Å². The third kappa shape index (κ3) is 5.13. The molecule has 1 aromatic carbocycles. The summed E-state index contributed by atoms with van der Waals surface area (Å²) in [4.78, 5) is 30.8. The van der Waals surface area contributed by atoms with E-state index < -0.39 is 17.4 Å². The van der Waals surface area contributed by atoms with Gasteiger partial charge in [-0.1, -0.05) is 0 Å². The largest absolute Gasteiger partial charge is 0.465 e. The summed E-state index contributed by atoms with van der Waals surface area (Å²) in [7, 11) is 1.24. The minimum Gasteiger partial charge on any atom is -0.465 e. The van der Waals surface area contributed by atoms with Crippen molar-refractivity contribution in [2.75, 3.05) is 26.8 Å². The summed E-state index contributed by atoms with van der Waals surface area (Å²) in [5.74, 6) is -0.239. The van der Waals surface area contributed by atoms with Gasteiger partial charge in [-0.05, 0) is 58.1 Å². The molecule has 180 valence electrons. The monoisotopic (exact) mass is 461 g/mol. The molecule has 0 unspecified atom stereocenters. The van der Waals surface area contributed by atoms with Crippen LogP contribution in [0.15, 0.2) is 12.1 Å². The lowest BCUT2D eigenvalue weighted by Crippen LogP contribution is -2.42. The summed E-state index contributed by atoms with van der Waals surface area (Å²) >= 11 is 0. The predicted molar refractivity (Wildman–Crippen MR) is 120 cm³/mol. The SMILES string of the molecule is COC(=O)c1ccc2nc(CC3CCN(C(=O)OC(C)(C)C)CC3)n(C[C@@H]3CCO3)c2c1F. The van der Waals surface area contributed by atoms with E-state index in [9.17, 15) is 9.59 Å². The number of aromatic nitrogens is 2. The lowest BCUT2D eigenvalue weighted by molar-refractivity contribution is -0.0591. The predicted octanol–water partition coefficient (Wildman–Crippen LogP) is 3.94. The third-order valence-electron chi connectivity index (χ3n) is 6.25. The number of esters is 1. The van der Waals surface area contributed by atoms with Crippen molar-refractivity contribution < 1.29 is 28.2 Å². The Morgan fingerprint density at radius 3 is 2.48 bits per heavy atom. The van der Waals surface area contributed by atoms with Gasteiger partial charge >= 0.3 is 12.1 Å². The van der Waals surface area contributed by atoms with Gasteiger partial charge in [0.15, 0.2) is 5.82 Å². The first kappa shape index (κ1) is 23.5. The van der Waals surface area contributed by atoms with Crippen LogP contribution in [0, 0.1) is 11.7 Å². The molecule has 0 spiro atoms. The number of rotatable bonds is 5. The number of carbonyl (C=O) groups excluding carboxylic acids is 2. The average Bonchev–Trinajstić information content (AvgIpc) is 3.07. The normalized spacial score (nSPS) is 19.4. The molecule has 0 saturated carbocycles. The summed E-state index contributed by atoms with van der Waals surface area (Å²) in [5, 5.41) is 0. The van der Waals surface area contributed by atoms with E-state index in [0.29, 0.717) is 49.6 Å². The smallest absolute Gasteiger partial charge is 0.410 e. The van der Waals surface area contributed by atoms with E-state index in [-0.39, 0.29) is 17.8 Å². The van der Waals surface area contributed by atoms with Crippen molar-refractivity contribution >= 4 is 23.1 Å². The molecule has 2 aliphatic heterocycles. The Morgan fingerprint density at radius 2 is 1.91 bits per heavy atom. The summed E-state index contributed by atoms with van der Waals surface area (Å²) in [6.07, 6.45) is 2.93. The van der Waals surface area contributed by atoms with Crippen LogP contribution < -0.4 is 0 Å². The van der Waals surface area contributed by atoms with E-state index >= 15 is 4.39 Å². The number of nitrogens with zero attached hydrogens (tertiary/aromatic N) is 3. The van der Waals surface area contributed by atoms with E-state index in [1.54, 1.807) is 11.0 Å². The Labute approximate surface area is 193 Å². The number of benzene rings is 1. The van der Waals surface area contributed by atoms with E-state index in [4.69, 9.17) is 19.2 Å². The van der Waals surface area contributed by atoms with Gasteiger partial charge in [0.1, 0.15) is 16.9 Å². The molecule has 8 nitrogen and oxygen atoms in total. The minimum absolute atomic E-state index is 0.0105. The van der Waals surface area contributed by atoms with Gasteiger partial charge < -0.3 is 23.7 Å². The van der Waals surface area contributed by atoms with Crippen molar-refractivity contribution in [3.63, 3.8) is 0 Å². The standard InChI is InChI=1S/C24H32FN3O5/c1-24(2,3)33-23(30)27-10-7-15(8-11-27)13-19-26-18-6-5-17(22(29)31-4)20(25)21(18)28(19)14-16-9-12-32-16/h5-6,15-16H,7-14H2,1-4H3/t16-/m0/s1. The van der Waals surface area contributed by atoms with Gasteiger partial charge in [-0.2, -0.15) is 0 Å². The number of hydrogen-bond donors (Lipinski definition) is 0. The zero-order valence-electron chi connectivity index (χ0n) is 19.7. The van der Waals surface area contributed by atoms with Crippen LogP contribution in [0.25, 0.3) is 11.0 Å². The molecule has 0 aliphatic carbocycles. The molecule has 1 amide bonds. The number of likely N-dealkylation sites (tertiary alicyclic amines) is 1. The van der Waals surface area contributed by atoms with E-state index in [1.807, 2.05) is 25.3 Å². The molecule has 1 aromatic heterocycles. The number of fused-ring (bicyclic) bond motifs is 1. The molecule has 1 atom stereocenters. The maximum Gasteiger partial charge on any atom is 0.410 e. The number of methoxy groups -OCH3 is 1. The summed E-state index contributed by atoms with van der Waals surface area (Å²) in [5.41, 5.74) is 0.211. The van der Waals surface area contributed by atoms with Crippen molar-refractivity contribution in [2.24, 2.45) is 5.92 Å². The Bertz CT molecular complexity index is 1030. The molecular formula is C24H32FN3O5. The Hall–Kier alpha value is -2.68. The second-order valence-corrected chi connectivity index (χ2v) is 9.82. The number of hydrogen-bond acceptors (Lipinski definition) is 6. The van der Waals surface area contributed by atoms with Crippen molar-refractivity contribution in [1.29, 1.82) is 0 Å². The first-order valence-corrected chi connectivity index (χ1v) is 11.5.